The van der Waals surface area contributed by atoms with Crippen LogP contribution in [0, 0.1) is 16.7 Å². The molecule has 0 unspecified atom stereocenters. The smallest absolute Gasteiger partial charge is 0.120 e. The predicted molar refractivity (Wildman–Crippen MR) is 53.0 cm³/mol. The Morgan fingerprint density at radius 2 is 2.31 bits per heavy atom. The van der Waals surface area contributed by atoms with Crippen LogP contribution in [0.2, 0.25) is 0 Å². The zero-order valence-electron chi connectivity index (χ0n) is 8.39. The highest BCUT2D eigenvalue weighted by molar-refractivity contribution is 5.53. The van der Waals surface area contributed by atoms with Crippen molar-refractivity contribution in [3.8, 4) is 0 Å². The van der Waals surface area contributed by atoms with Crippen molar-refractivity contribution in [2.45, 2.75) is 33.1 Å². The molecule has 0 spiro atoms. The van der Waals surface area contributed by atoms with Crippen LogP contribution in [0.15, 0.2) is 18.2 Å². The predicted octanol–water partition coefficient (Wildman–Crippen LogP) is 2.76. The Kier molecular flexibility index (Phi) is 1.59. The summed E-state index contributed by atoms with van der Waals surface area (Å²) in [5.74, 6) is 2.52. The van der Waals surface area contributed by atoms with E-state index in [1.165, 1.54) is 18.4 Å². The molecule has 0 aliphatic heterocycles. The molecule has 1 nitrogen and oxygen atoms in total. The molecule has 2 aliphatic rings. The third-order valence-electron chi connectivity index (χ3n) is 4.23. The molecule has 3 atom stereocenters. The van der Waals surface area contributed by atoms with Crippen LogP contribution in [0.5, 0.6) is 0 Å². The van der Waals surface area contributed by atoms with Gasteiger partial charge in [0.2, 0.25) is 0 Å². The zero-order chi connectivity index (χ0) is 9.69. The second-order valence-corrected chi connectivity index (χ2v) is 4.85. The molecule has 0 aromatic heterocycles. The average Bonchev–Trinajstić information content (AvgIpc) is 2.36. The summed E-state index contributed by atoms with van der Waals surface area (Å²) in [6.07, 6.45) is 5.40. The van der Waals surface area contributed by atoms with Crippen molar-refractivity contribution in [1.29, 1.82) is 0 Å². The van der Waals surface area contributed by atoms with E-state index in [0.717, 1.165) is 6.42 Å². The Morgan fingerprint density at radius 3 is 2.77 bits per heavy atom. The monoisotopic (exact) mass is 176 g/mol. The van der Waals surface area contributed by atoms with Crippen LogP contribution >= 0.6 is 0 Å². The third-order valence-corrected chi connectivity index (χ3v) is 4.23. The molecule has 0 aromatic carbocycles. The molecule has 1 heteroatoms. The van der Waals surface area contributed by atoms with Crippen LogP contribution in [0.25, 0.3) is 0 Å². The van der Waals surface area contributed by atoms with Crippen molar-refractivity contribution in [3.63, 3.8) is 0 Å². The molecule has 13 heavy (non-hydrogen) atoms. The largest absolute Gasteiger partial charge is 0.234 e. The summed E-state index contributed by atoms with van der Waals surface area (Å²) in [6.45, 7) is 8.39. The number of hydrogen-bond acceptors (Lipinski definition) is 1. The molecule has 0 N–H and O–H groups in total. The first kappa shape index (κ1) is 8.77. The lowest BCUT2D eigenvalue weighted by atomic mass is 9.97. The van der Waals surface area contributed by atoms with Crippen molar-refractivity contribution in [2.75, 3.05) is 0 Å². The van der Waals surface area contributed by atoms with Crippen LogP contribution in [-0.4, -0.2) is 5.94 Å². The highest BCUT2D eigenvalue weighted by atomic mass is 16.1. The van der Waals surface area contributed by atoms with Gasteiger partial charge in [0.25, 0.3) is 0 Å². The van der Waals surface area contributed by atoms with Gasteiger partial charge in [0.05, 0.1) is 0 Å². The van der Waals surface area contributed by atoms with Crippen molar-refractivity contribution in [1.82, 2.24) is 0 Å². The fourth-order valence-corrected chi connectivity index (χ4v) is 3.75. The van der Waals surface area contributed by atoms with Gasteiger partial charge in [-0.3, -0.25) is 0 Å². The van der Waals surface area contributed by atoms with Crippen LogP contribution in [0.1, 0.15) is 33.1 Å². The maximum absolute atomic E-state index is 10.5. The summed E-state index contributed by atoms with van der Waals surface area (Å²) in [4.78, 5) is 10.5. The third kappa shape index (κ3) is 0.808. The fraction of sp³-hybridized carbons (Fsp3) is 0.667. The molecule has 2 aliphatic carbocycles. The standard InChI is InChI=1S/C12H16O/c1-9(2)10-11(3)5-4-6-12(10,11)7-8-13/h7,10H,1,4-6H2,2-3H3/t10-,11-,12-/m1/s1. The van der Waals surface area contributed by atoms with Gasteiger partial charge in [0.15, 0.2) is 0 Å². The lowest BCUT2D eigenvalue weighted by Gasteiger charge is -2.07. The Morgan fingerprint density at radius 1 is 1.62 bits per heavy atom. The maximum Gasteiger partial charge on any atom is 0.120 e. The van der Waals surface area contributed by atoms with Crippen molar-refractivity contribution in [2.24, 2.45) is 16.7 Å². The molecule has 0 aromatic rings. The molecule has 2 fully saturated rings. The van der Waals surface area contributed by atoms with E-state index in [1.54, 1.807) is 6.08 Å². The van der Waals surface area contributed by atoms with Crippen molar-refractivity contribution in [3.05, 3.63) is 18.2 Å². The molecule has 0 radical (unpaired) electrons. The Hall–Kier alpha value is -0.810. The molecule has 0 amide bonds. The normalized spacial score (nSPS) is 46.5. The molecule has 2 saturated carbocycles. The Labute approximate surface area is 79.5 Å². The SMILES string of the molecule is C=C(C)[C@H]1[C@]2(C=C=O)CCC[C@]12C. The maximum atomic E-state index is 10.5. The van der Waals surface area contributed by atoms with E-state index in [-0.39, 0.29) is 5.41 Å². The van der Waals surface area contributed by atoms with Crippen LogP contribution in [0.3, 0.4) is 0 Å². The van der Waals surface area contributed by atoms with Crippen molar-refractivity contribution >= 4 is 5.94 Å². The van der Waals surface area contributed by atoms with Gasteiger partial charge >= 0.3 is 0 Å². The van der Waals surface area contributed by atoms with Crippen molar-refractivity contribution < 1.29 is 4.79 Å². The zero-order valence-corrected chi connectivity index (χ0v) is 8.39. The summed E-state index contributed by atoms with van der Waals surface area (Å²) in [6, 6.07) is 0. The molecule has 0 saturated heterocycles. The van der Waals surface area contributed by atoms with E-state index >= 15 is 0 Å². The first-order valence-corrected chi connectivity index (χ1v) is 4.96. The quantitative estimate of drug-likeness (QED) is 0.467. The Balaban J connectivity index is 2.38. The summed E-state index contributed by atoms with van der Waals surface area (Å²) < 4.78 is 0. The van der Waals surface area contributed by atoms with Gasteiger partial charge in [-0.05, 0) is 31.1 Å². The van der Waals surface area contributed by atoms with Gasteiger partial charge in [-0.15, -0.1) is 0 Å². The first-order chi connectivity index (χ1) is 6.08. The van der Waals surface area contributed by atoms with E-state index in [2.05, 4.69) is 20.4 Å². The van der Waals surface area contributed by atoms with E-state index < -0.39 is 0 Å². The molecule has 2 rings (SSSR count). The number of rotatable bonds is 2. The first-order valence-electron chi connectivity index (χ1n) is 4.96. The minimum Gasteiger partial charge on any atom is -0.234 e. The second kappa shape index (κ2) is 2.36. The van der Waals surface area contributed by atoms with Crippen LogP contribution in [0.4, 0.5) is 0 Å². The van der Waals surface area contributed by atoms with Crippen LogP contribution in [-0.2, 0) is 4.79 Å². The number of fused-ring (bicyclic) bond motifs is 1. The average molecular weight is 176 g/mol. The molecular formula is C12H16O. The van der Waals surface area contributed by atoms with E-state index in [1.807, 2.05) is 5.94 Å². The lowest BCUT2D eigenvalue weighted by molar-refractivity contribution is 0.489. The number of allylic oxidation sites excluding steroid dienone is 2. The molecule has 0 bridgehead atoms. The van der Waals surface area contributed by atoms with Gasteiger partial charge < -0.3 is 0 Å². The molecule has 0 heterocycles. The highest BCUT2D eigenvalue weighted by Crippen LogP contribution is 2.79. The molecular weight excluding hydrogens is 160 g/mol. The summed E-state index contributed by atoms with van der Waals surface area (Å²) >= 11 is 0. The lowest BCUT2D eigenvalue weighted by Crippen LogP contribution is -1.99. The Bertz CT molecular complexity index is 311. The van der Waals surface area contributed by atoms with E-state index in [0.29, 0.717) is 11.3 Å². The van der Waals surface area contributed by atoms with Gasteiger partial charge in [-0.1, -0.05) is 25.5 Å². The highest BCUT2D eigenvalue weighted by Gasteiger charge is 2.74. The van der Waals surface area contributed by atoms with E-state index in [4.69, 9.17) is 0 Å². The summed E-state index contributed by atoms with van der Waals surface area (Å²) in [5, 5.41) is 0. The summed E-state index contributed by atoms with van der Waals surface area (Å²) in [5.41, 5.74) is 1.70. The van der Waals surface area contributed by atoms with Gasteiger partial charge in [-0.2, -0.15) is 0 Å². The number of hydrogen-bond donors (Lipinski definition) is 0. The number of carbonyl (C=O) groups excluding carboxylic acids is 1. The summed E-state index contributed by atoms with van der Waals surface area (Å²) in [7, 11) is 0. The minimum atomic E-state index is 0.139. The van der Waals surface area contributed by atoms with Gasteiger partial charge in [-0.25, -0.2) is 4.79 Å². The fourth-order valence-electron chi connectivity index (χ4n) is 3.75. The van der Waals surface area contributed by atoms with E-state index in [9.17, 15) is 4.79 Å². The minimum absolute atomic E-state index is 0.139. The van der Waals surface area contributed by atoms with Gasteiger partial charge in [0.1, 0.15) is 5.94 Å². The topological polar surface area (TPSA) is 17.1 Å². The molecule has 70 valence electrons. The van der Waals surface area contributed by atoms with Gasteiger partial charge in [0, 0.05) is 11.5 Å². The van der Waals surface area contributed by atoms with Crippen LogP contribution < -0.4 is 0 Å². The second-order valence-electron chi connectivity index (χ2n) is 4.85.